The summed E-state index contributed by atoms with van der Waals surface area (Å²) in [4.78, 5) is 12.7. The number of rotatable bonds is 5. The van der Waals surface area contributed by atoms with Crippen LogP contribution in [0.3, 0.4) is 0 Å². The molecule has 118 valence electrons. The van der Waals surface area contributed by atoms with Crippen LogP contribution >= 0.6 is 0 Å². The van der Waals surface area contributed by atoms with Crippen LogP contribution < -0.4 is 27.4 Å². The largest absolute Gasteiger partial charge is 0.378 e. The molecule has 22 heavy (non-hydrogen) atoms. The van der Waals surface area contributed by atoms with Crippen molar-refractivity contribution in [1.29, 1.82) is 0 Å². The summed E-state index contributed by atoms with van der Waals surface area (Å²) in [7, 11) is 1.76. The third kappa shape index (κ3) is 5.73. The van der Waals surface area contributed by atoms with Crippen LogP contribution in [0.15, 0.2) is 42.5 Å². The Morgan fingerprint density at radius 3 is 2.55 bits per heavy atom. The van der Waals surface area contributed by atoms with E-state index >= 15 is 0 Å². The maximum absolute atomic E-state index is 12.9. The van der Waals surface area contributed by atoms with E-state index in [2.05, 4.69) is 16.1 Å². The fraction of sp³-hybridized carbons (Fsp3) is 0.143. The Hall–Kier alpha value is -2.71. The second kappa shape index (κ2) is 9.27. The highest BCUT2D eigenvalue weighted by atomic mass is 19.1. The number of halogens is 1. The maximum atomic E-state index is 12.9. The molecule has 1 amide bonds. The highest BCUT2D eigenvalue weighted by Gasteiger charge is 2.04. The number of pyridine rings is 1. The van der Waals surface area contributed by atoms with Crippen molar-refractivity contribution in [3.05, 3.63) is 54.1 Å². The molecule has 6 N–H and O–H groups in total. The molecule has 1 heterocycles. The number of hydrogen-bond donors (Lipinski definition) is 4. The quantitative estimate of drug-likeness (QED) is 0.213. The van der Waals surface area contributed by atoms with Gasteiger partial charge >= 0.3 is 0 Å². The van der Waals surface area contributed by atoms with Crippen molar-refractivity contribution in [1.82, 2.24) is 10.4 Å². The lowest BCUT2D eigenvalue weighted by molar-refractivity contribution is -0.109. The summed E-state index contributed by atoms with van der Waals surface area (Å²) in [6.07, 6.45) is 0.403. The van der Waals surface area contributed by atoms with Gasteiger partial charge in [0.25, 0.3) is 0 Å². The van der Waals surface area contributed by atoms with Crippen molar-refractivity contribution in [2.24, 2.45) is 11.7 Å². The number of anilines is 2. The predicted molar refractivity (Wildman–Crippen MR) is 83.9 cm³/mol. The molecule has 0 saturated carbocycles. The second-order valence-electron chi connectivity index (χ2n) is 4.22. The normalized spacial score (nSPS) is 9.27. The number of nitrogens with zero attached hydrogens (tertiary/aromatic N) is 2. The molecule has 0 aliphatic carbocycles. The molecule has 0 saturated heterocycles. The molecular weight excluding hydrogens is 287 g/mol. The molecule has 0 fully saturated rings. The van der Waals surface area contributed by atoms with E-state index in [1.54, 1.807) is 24.6 Å². The topological polar surface area (TPSA) is 109 Å². The van der Waals surface area contributed by atoms with E-state index in [1.807, 2.05) is 24.3 Å². The summed E-state index contributed by atoms with van der Waals surface area (Å²) in [6, 6.07) is 12.4. The average molecular weight is 306 g/mol. The molecule has 1 aromatic heterocycles. The number of amides is 1. The SMILES string of the molecule is CN(N)c1ccccc1NCc1cccc(F)n1.NNC=O. The van der Waals surface area contributed by atoms with Crippen LogP contribution in [0, 0.1) is 5.95 Å². The van der Waals surface area contributed by atoms with E-state index in [4.69, 9.17) is 10.6 Å². The monoisotopic (exact) mass is 306 g/mol. The lowest BCUT2D eigenvalue weighted by atomic mass is 10.2. The fourth-order valence-electron chi connectivity index (χ4n) is 1.67. The van der Waals surface area contributed by atoms with Crippen molar-refractivity contribution in [3.63, 3.8) is 0 Å². The number of aromatic nitrogens is 1. The number of carbonyl (C=O) groups excluding carboxylic acids is 1. The van der Waals surface area contributed by atoms with E-state index in [0.29, 0.717) is 18.6 Å². The molecule has 0 aliphatic heterocycles. The van der Waals surface area contributed by atoms with Crippen molar-refractivity contribution >= 4 is 17.8 Å². The van der Waals surface area contributed by atoms with Crippen LogP contribution in [0.5, 0.6) is 0 Å². The molecule has 0 aliphatic rings. The molecule has 1 aromatic carbocycles. The first-order valence-electron chi connectivity index (χ1n) is 6.41. The summed E-state index contributed by atoms with van der Waals surface area (Å²) in [5.74, 6) is 9.66. The first-order chi connectivity index (χ1) is 10.6. The van der Waals surface area contributed by atoms with E-state index in [1.165, 1.54) is 11.1 Å². The molecule has 2 aromatic rings. The number of benzene rings is 1. The number of hydrazine groups is 2. The van der Waals surface area contributed by atoms with Gasteiger partial charge in [-0.3, -0.25) is 10.2 Å². The van der Waals surface area contributed by atoms with Crippen molar-refractivity contribution in [3.8, 4) is 0 Å². The highest BCUT2D eigenvalue weighted by Crippen LogP contribution is 2.22. The zero-order valence-electron chi connectivity index (χ0n) is 12.2. The van der Waals surface area contributed by atoms with E-state index in [9.17, 15) is 4.39 Å². The van der Waals surface area contributed by atoms with E-state index in [-0.39, 0.29) is 0 Å². The molecule has 0 radical (unpaired) electrons. The van der Waals surface area contributed by atoms with Gasteiger partial charge < -0.3 is 10.3 Å². The van der Waals surface area contributed by atoms with E-state index < -0.39 is 5.95 Å². The fourth-order valence-corrected chi connectivity index (χ4v) is 1.67. The Kier molecular flexibility index (Phi) is 7.31. The Morgan fingerprint density at radius 2 is 1.95 bits per heavy atom. The summed E-state index contributed by atoms with van der Waals surface area (Å²) >= 11 is 0. The Morgan fingerprint density at radius 1 is 1.27 bits per heavy atom. The molecule has 8 heteroatoms. The number of nitrogens with two attached hydrogens (primary N) is 2. The van der Waals surface area contributed by atoms with Crippen LogP contribution in [0.4, 0.5) is 15.8 Å². The first kappa shape index (κ1) is 17.3. The average Bonchev–Trinajstić information content (AvgIpc) is 2.53. The highest BCUT2D eigenvalue weighted by molar-refractivity contribution is 5.68. The minimum atomic E-state index is -0.474. The standard InChI is InChI=1S/C13H15FN4.CH4N2O/c1-18(15)12-7-3-2-6-11(12)16-9-10-5-4-8-13(14)17-10;2-3-1-4/h2-8,16H,9,15H2,1H3;1H,2H2,(H,3,4). The zero-order chi connectivity index (χ0) is 16.4. The van der Waals surface area contributed by atoms with Crippen LogP contribution in [-0.4, -0.2) is 18.4 Å². The molecular formula is C14H19FN6O. The number of nitrogens with one attached hydrogen (secondary N) is 2. The zero-order valence-corrected chi connectivity index (χ0v) is 12.2. The predicted octanol–water partition coefficient (Wildman–Crippen LogP) is 0.749. The van der Waals surface area contributed by atoms with Gasteiger partial charge in [-0.25, -0.2) is 16.7 Å². The molecule has 2 rings (SSSR count). The van der Waals surface area contributed by atoms with Gasteiger partial charge in [-0.05, 0) is 24.3 Å². The maximum Gasteiger partial charge on any atom is 0.221 e. The number of carbonyl (C=O) groups is 1. The summed E-state index contributed by atoms with van der Waals surface area (Å²) in [5, 5.41) is 4.72. The summed E-state index contributed by atoms with van der Waals surface area (Å²) < 4.78 is 12.9. The Bertz CT molecular complexity index is 593. The lowest BCUT2D eigenvalue weighted by Crippen LogP contribution is -2.26. The second-order valence-corrected chi connectivity index (χ2v) is 4.22. The van der Waals surface area contributed by atoms with Crippen LogP contribution in [0.25, 0.3) is 0 Å². The third-order valence-electron chi connectivity index (χ3n) is 2.58. The minimum absolute atomic E-state index is 0.403. The van der Waals surface area contributed by atoms with Gasteiger partial charge in [-0.15, -0.1) is 0 Å². The van der Waals surface area contributed by atoms with Crippen LogP contribution in [-0.2, 0) is 11.3 Å². The van der Waals surface area contributed by atoms with Crippen molar-refractivity contribution in [2.45, 2.75) is 6.54 Å². The lowest BCUT2D eigenvalue weighted by Gasteiger charge is -2.17. The number of para-hydroxylation sites is 2. The Balaban J connectivity index is 0.000000541. The summed E-state index contributed by atoms with van der Waals surface area (Å²) in [5.41, 5.74) is 4.15. The summed E-state index contributed by atoms with van der Waals surface area (Å²) in [6.45, 7) is 0.447. The molecule has 0 unspecified atom stereocenters. The molecule has 0 spiro atoms. The smallest absolute Gasteiger partial charge is 0.221 e. The minimum Gasteiger partial charge on any atom is -0.378 e. The van der Waals surface area contributed by atoms with Gasteiger partial charge in [0.15, 0.2) is 0 Å². The van der Waals surface area contributed by atoms with Gasteiger partial charge in [0, 0.05) is 7.05 Å². The van der Waals surface area contributed by atoms with Gasteiger partial charge in [0.1, 0.15) is 0 Å². The van der Waals surface area contributed by atoms with Crippen LogP contribution in [0.2, 0.25) is 0 Å². The van der Waals surface area contributed by atoms with Gasteiger partial charge in [-0.2, -0.15) is 4.39 Å². The molecule has 0 atom stereocenters. The van der Waals surface area contributed by atoms with Gasteiger partial charge in [0.05, 0.1) is 23.6 Å². The van der Waals surface area contributed by atoms with Gasteiger partial charge in [0.2, 0.25) is 12.4 Å². The Labute approximate surface area is 128 Å². The molecule has 7 nitrogen and oxygen atoms in total. The van der Waals surface area contributed by atoms with E-state index in [0.717, 1.165) is 11.4 Å². The molecule has 0 bridgehead atoms. The first-order valence-corrected chi connectivity index (χ1v) is 6.41. The van der Waals surface area contributed by atoms with Crippen molar-refractivity contribution in [2.75, 3.05) is 17.4 Å². The number of hydrogen-bond acceptors (Lipinski definition) is 6. The van der Waals surface area contributed by atoms with Gasteiger partial charge in [-0.1, -0.05) is 18.2 Å². The van der Waals surface area contributed by atoms with Crippen LogP contribution in [0.1, 0.15) is 5.69 Å². The van der Waals surface area contributed by atoms with Crippen molar-refractivity contribution < 1.29 is 9.18 Å². The third-order valence-corrected chi connectivity index (χ3v) is 2.58.